The predicted octanol–water partition coefficient (Wildman–Crippen LogP) is 3.85. The minimum atomic E-state index is -3.78. The maximum Gasteiger partial charge on any atom is 0.262 e. The minimum Gasteiger partial charge on any atom is -0.492 e. The Morgan fingerprint density at radius 1 is 1.09 bits per heavy atom. The Kier molecular flexibility index (Phi) is 7.54. The highest BCUT2D eigenvalue weighted by molar-refractivity contribution is 7.89. The third-order valence-electron chi connectivity index (χ3n) is 5.26. The second kappa shape index (κ2) is 10.0. The van der Waals surface area contributed by atoms with E-state index < -0.39 is 15.9 Å². The number of fused-ring (bicyclic) bond motifs is 1. The molecule has 0 aliphatic carbocycles. The van der Waals surface area contributed by atoms with E-state index in [0.29, 0.717) is 36.9 Å². The van der Waals surface area contributed by atoms with Crippen LogP contribution in [0.3, 0.4) is 0 Å². The third kappa shape index (κ3) is 5.59. The molecule has 1 heterocycles. The van der Waals surface area contributed by atoms with E-state index in [1.165, 1.54) is 10.4 Å². The molecule has 180 valence electrons. The van der Waals surface area contributed by atoms with Crippen LogP contribution in [0.5, 0.6) is 17.2 Å². The molecule has 9 heteroatoms. The third-order valence-corrected chi connectivity index (χ3v) is 7.34. The number of carbonyl (C=O) groups is 1. The van der Waals surface area contributed by atoms with Crippen LogP contribution in [0.25, 0.3) is 0 Å². The molecule has 0 saturated carbocycles. The van der Waals surface area contributed by atoms with Gasteiger partial charge in [-0.25, -0.2) is 8.42 Å². The van der Waals surface area contributed by atoms with Crippen molar-refractivity contribution in [1.82, 2.24) is 4.31 Å². The van der Waals surface area contributed by atoms with Crippen molar-refractivity contribution in [2.45, 2.75) is 51.5 Å². The standard InChI is InChI=1S/C24H32N2O6S/c1-6-26(7-2)33(28,29)21-14-18(12-13-19(21)30-8-3)25-22(27)16-31-20-11-9-10-17-15-24(4,5)32-23(17)20/h9-14H,6-8,15-16H2,1-5H3,(H,25,27). The largest absolute Gasteiger partial charge is 0.492 e. The summed E-state index contributed by atoms with van der Waals surface area (Å²) in [4.78, 5) is 12.6. The zero-order valence-electron chi connectivity index (χ0n) is 19.8. The first-order valence-corrected chi connectivity index (χ1v) is 12.6. The molecule has 33 heavy (non-hydrogen) atoms. The molecule has 1 aliphatic rings. The Bertz CT molecular complexity index is 1110. The normalized spacial score (nSPS) is 14.5. The van der Waals surface area contributed by atoms with Crippen molar-refractivity contribution in [3.8, 4) is 17.2 Å². The molecule has 8 nitrogen and oxygen atoms in total. The summed E-state index contributed by atoms with van der Waals surface area (Å²) >= 11 is 0. The second-order valence-electron chi connectivity index (χ2n) is 8.30. The molecule has 0 spiro atoms. The summed E-state index contributed by atoms with van der Waals surface area (Å²) in [7, 11) is -3.78. The van der Waals surface area contributed by atoms with Gasteiger partial charge in [-0.15, -0.1) is 0 Å². The van der Waals surface area contributed by atoms with Crippen LogP contribution >= 0.6 is 0 Å². The minimum absolute atomic E-state index is 0.0169. The van der Waals surface area contributed by atoms with Gasteiger partial charge in [0.15, 0.2) is 18.1 Å². The van der Waals surface area contributed by atoms with Gasteiger partial charge in [0, 0.05) is 30.8 Å². The van der Waals surface area contributed by atoms with Gasteiger partial charge in [-0.2, -0.15) is 4.31 Å². The Morgan fingerprint density at radius 3 is 2.48 bits per heavy atom. The van der Waals surface area contributed by atoms with Gasteiger partial charge in [0.25, 0.3) is 5.91 Å². The van der Waals surface area contributed by atoms with Crippen molar-refractivity contribution in [1.29, 1.82) is 0 Å². The molecule has 1 amide bonds. The molecular formula is C24H32N2O6S. The van der Waals surface area contributed by atoms with Crippen LogP contribution in [0.15, 0.2) is 41.3 Å². The molecular weight excluding hydrogens is 444 g/mol. The summed E-state index contributed by atoms with van der Waals surface area (Å²) in [6, 6.07) is 10.2. The number of anilines is 1. The number of sulfonamides is 1. The molecule has 0 radical (unpaired) electrons. The van der Waals surface area contributed by atoms with Crippen LogP contribution in [0, 0.1) is 0 Å². The van der Waals surface area contributed by atoms with E-state index in [9.17, 15) is 13.2 Å². The summed E-state index contributed by atoms with van der Waals surface area (Å²) in [5.41, 5.74) is 1.06. The maximum atomic E-state index is 13.1. The highest BCUT2D eigenvalue weighted by Gasteiger charge is 2.32. The van der Waals surface area contributed by atoms with Crippen molar-refractivity contribution in [3.63, 3.8) is 0 Å². The molecule has 2 aromatic carbocycles. The zero-order valence-corrected chi connectivity index (χ0v) is 20.6. The van der Waals surface area contributed by atoms with E-state index in [-0.39, 0.29) is 22.9 Å². The number of carbonyl (C=O) groups excluding carboxylic acids is 1. The lowest BCUT2D eigenvalue weighted by atomic mass is 10.0. The topological polar surface area (TPSA) is 94.2 Å². The van der Waals surface area contributed by atoms with Crippen LogP contribution in [0.4, 0.5) is 5.69 Å². The number of nitrogens with zero attached hydrogens (tertiary/aromatic N) is 1. The van der Waals surface area contributed by atoms with Crippen LogP contribution in [0.1, 0.15) is 40.2 Å². The van der Waals surface area contributed by atoms with Gasteiger partial charge in [0.05, 0.1) is 6.61 Å². The fraction of sp³-hybridized carbons (Fsp3) is 0.458. The molecule has 0 saturated heterocycles. The molecule has 0 bridgehead atoms. The number of hydrogen-bond acceptors (Lipinski definition) is 6. The number of amides is 1. The van der Waals surface area contributed by atoms with Crippen LogP contribution in [0.2, 0.25) is 0 Å². The Morgan fingerprint density at radius 2 is 1.82 bits per heavy atom. The molecule has 0 unspecified atom stereocenters. The van der Waals surface area contributed by atoms with Crippen molar-refractivity contribution in [2.24, 2.45) is 0 Å². The summed E-state index contributed by atoms with van der Waals surface area (Å²) in [6.07, 6.45) is 0.766. The molecule has 1 N–H and O–H groups in total. The number of benzene rings is 2. The Hall–Kier alpha value is -2.78. The molecule has 0 atom stereocenters. The van der Waals surface area contributed by atoms with Gasteiger partial charge in [-0.1, -0.05) is 26.0 Å². The number of ether oxygens (including phenoxy) is 3. The van der Waals surface area contributed by atoms with Crippen molar-refractivity contribution >= 4 is 21.6 Å². The molecule has 3 rings (SSSR count). The summed E-state index contributed by atoms with van der Waals surface area (Å²) < 4.78 is 44.8. The van der Waals surface area contributed by atoms with Crippen molar-refractivity contribution in [3.05, 3.63) is 42.0 Å². The fourth-order valence-corrected chi connectivity index (χ4v) is 5.42. The smallest absolute Gasteiger partial charge is 0.262 e. The summed E-state index contributed by atoms with van der Waals surface area (Å²) in [5, 5.41) is 2.71. The highest BCUT2D eigenvalue weighted by atomic mass is 32.2. The van der Waals surface area contributed by atoms with Gasteiger partial charge in [0.2, 0.25) is 10.0 Å². The number of rotatable bonds is 10. The maximum absolute atomic E-state index is 13.1. The Balaban J connectivity index is 1.75. The molecule has 1 aliphatic heterocycles. The summed E-state index contributed by atoms with van der Waals surface area (Å²) in [5.74, 6) is 0.993. The SMILES string of the molecule is CCOc1ccc(NC(=O)COc2cccc3c2OC(C)(C)C3)cc1S(=O)(=O)N(CC)CC. The first-order valence-electron chi connectivity index (χ1n) is 11.1. The lowest BCUT2D eigenvalue weighted by molar-refractivity contribution is -0.118. The number of nitrogens with one attached hydrogen (secondary N) is 1. The van der Waals surface area contributed by atoms with Gasteiger partial charge < -0.3 is 19.5 Å². The van der Waals surface area contributed by atoms with E-state index in [1.807, 2.05) is 26.0 Å². The van der Waals surface area contributed by atoms with Crippen LogP contribution < -0.4 is 19.5 Å². The lowest BCUT2D eigenvalue weighted by Gasteiger charge is -2.21. The van der Waals surface area contributed by atoms with Gasteiger partial charge in [0.1, 0.15) is 16.2 Å². The molecule has 0 aromatic heterocycles. The lowest BCUT2D eigenvalue weighted by Crippen LogP contribution is -2.31. The second-order valence-corrected chi connectivity index (χ2v) is 10.2. The van der Waals surface area contributed by atoms with Crippen LogP contribution in [-0.4, -0.2) is 50.5 Å². The monoisotopic (exact) mass is 476 g/mol. The fourth-order valence-electron chi connectivity index (χ4n) is 3.81. The average Bonchev–Trinajstić information content (AvgIpc) is 3.08. The average molecular weight is 477 g/mol. The quantitative estimate of drug-likeness (QED) is 0.560. The zero-order chi connectivity index (χ0) is 24.2. The van der Waals surface area contributed by atoms with Gasteiger partial charge >= 0.3 is 0 Å². The number of para-hydroxylation sites is 1. The summed E-state index contributed by atoms with van der Waals surface area (Å²) in [6.45, 7) is 10.1. The van der Waals surface area contributed by atoms with E-state index in [4.69, 9.17) is 14.2 Å². The van der Waals surface area contributed by atoms with Crippen molar-refractivity contribution in [2.75, 3.05) is 31.6 Å². The van der Waals surface area contributed by atoms with E-state index in [2.05, 4.69) is 5.32 Å². The first kappa shape index (κ1) is 24.9. The Labute approximate surface area is 195 Å². The number of hydrogen-bond donors (Lipinski definition) is 1. The van der Waals surface area contributed by atoms with Crippen molar-refractivity contribution < 1.29 is 27.4 Å². The van der Waals surface area contributed by atoms with E-state index in [0.717, 1.165) is 12.0 Å². The van der Waals surface area contributed by atoms with Crippen LogP contribution in [-0.2, 0) is 21.2 Å². The first-order chi connectivity index (χ1) is 15.6. The highest BCUT2D eigenvalue weighted by Crippen LogP contribution is 2.41. The molecule has 2 aromatic rings. The molecule has 0 fully saturated rings. The van der Waals surface area contributed by atoms with Gasteiger partial charge in [-0.05, 0) is 45.0 Å². The van der Waals surface area contributed by atoms with E-state index >= 15 is 0 Å². The predicted molar refractivity (Wildman–Crippen MR) is 127 cm³/mol. The van der Waals surface area contributed by atoms with Gasteiger partial charge in [-0.3, -0.25) is 4.79 Å². The van der Waals surface area contributed by atoms with E-state index in [1.54, 1.807) is 39.0 Å².